The average Bonchev–Trinajstić information content (AvgIpc) is 3.18. The number of urea groups is 1. The SMILES string of the molecule is C[C@@H]1CCN(C(=O)NCc2ccco2)[C@H](c2ccco2)C1. The van der Waals surface area contributed by atoms with E-state index in [1.165, 1.54) is 0 Å². The summed E-state index contributed by atoms with van der Waals surface area (Å²) in [6.45, 7) is 3.37. The van der Waals surface area contributed by atoms with Crippen LogP contribution in [0.3, 0.4) is 0 Å². The molecular formula is C16H20N2O3. The topological polar surface area (TPSA) is 58.6 Å². The van der Waals surface area contributed by atoms with Crippen LogP contribution in [0.1, 0.15) is 37.3 Å². The average molecular weight is 288 g/mol. The van der Waals surface area contributed by atoms with E-state index in [1.54, 1.807) is 12.5 Å². The summed E-state index contributed by atoms with van der Waals surface area (Å²) in [7, 11) is 0. The Morgan fingerprint density at radius 2 is 2.14 bits per heavy atom. The van der Waals surface area contributed by atoms with Crippen molar-refractivity contribution in [2.75, 3.05) is 6.54 Å². The molecule has 0 spiro atoms. The number of rotatable bonds is 3. The summed E-state index contributed by atoms with van der Waals surface area (Å²) in [6.07, 6.45) is 5.22. The summed E-state index contributed by atoms with van der Waals surface area (Å²) in [5.74, 6) is 2.20. The molecule has 3 heterocycles. The van der Waals surface area contributed by atoms with Crippen LogP contribution < -0.4 is 5.32 Å². The third kappa shape index (κ3) is 3.12. The highest BCUT2D eigenvalue weighted by Gasteiger charge is 2.32. The zero-order chi connectivity index (χ0) is 14.7. The van der Waals surface area contributed by atoms with Crippen molar-refractivity contribution in [3.63, 3.8) is 0 Å². The van der Waals surface area contributed by atoms with Crippen LogP contribution in [0.4, 0.5) is 4.79 Å². The van der Waals surface area contributed by atoms with E-state index in [2.05, 4.69) is 12.2 Å². The second kappa shape index (κ2) is 6.08. The molecule has 1 aliphatic heterocycles. The molecule has 1 fully saturated rings. The molecule has 0 unspecified atom stereocenters. The Morgan fingerprint density at radius 3 is 2.86 bits per heavy atom. The Bertz CT molecular complexity index is 562. The van der Waals surface area contributed by atoms with Crippen molar-refractivity contribution in [2.24, 2.45) is 5.92 Å². The van der Waals surface area contributed by atoms with Gasteiger partial charge in [0.15, 0.2) is 0 Å². The predicted octanol–water partition coefficient (Wildman–Crippen LogP) is 3.56. The van der Waals surface area contributed by atoms with Gasteiger partial charge in [-0.05, 0) is 43.0 Å². The molecule has 0 saturated carbocycles. The smallest absolute Gasteiger partial charge is 0.318 e. The van der Waals surface area contributed by atoms with E-state index in [9.17, 15) is 4.79 Å². The Kier molecular flexibility index (Phi) is 3.99. The molecule has 1 N–H and O–H groups in total. The summed E-state index contributed by atoms with van der Waals surface area (Å²) in [5, 5.41) is 2.91. The highest BCUT2D eigenvalue weighted by atomic mass is 16.3. The van der Waals surface area contributed by atoms with Crippen LogP contribution in [0.25, 0.3) is 0 Å². The summed E-state index contributed by atoms with van der Waals surface area (Å²) < 4.78 is 10.7. The van der Waals surface area contributed by atoms with Gasteiger partial charge in [0, 0.05) is 6.54 Å². The molecule has 112 valence electrons. The van der Waals surface area contributed by atoms with Gasteiger partial charge in [-0.1, -0.05) is 6.92 Å². The zero-order valence-electron chi connectivity index (χ0n) is 12.1. The van der Waals surface area contributed by atoms with Gasteiger partial charge in [-0.25, -0.2) is 4.79 Å². The Labute approximate surface area is 123 Å². The molecule has 2 atom stereocenters. The second-order valence-corrected chi connectivity index (χ2v) is 5.59. The van der Waals surface area contributed by atoms with Gasteiger partial charge in [0.2, 0.25) is 0 Å². The van der Waals surface area contributed by atoms with Crippen molar-refractivity contribution in [1.29, 1.82) is 0 Å². The van der Waals surface area contributed by atoms with E-state index in [1.807, 2.05) is 29.2 Å². The van der Waals surface area contributed by atoms with E-state index in [0.717, 1.165) is 30.9 Å². The highest BCUT2D eigenvalue weighted by Crippen LogP contribution is 2.34. The maximum absolute atomic E-state index is 12.4. The molecule has 0 radical (unpaired) electrons. The van der Waals surface area contributed by atoms with Crippen LogP contribution in [0.2, 0.25) is 0 Å². The second-order valence-electron chi connectivity index (χ2n) is 5.59. The number of furan rings is 2. The van der Waals surface area contributed by atoms with Crippen molar-refractivity contribution in [3.05, 3.63) is 48.3 Å². The van der Waals surface area contributed by atoms with Crippen LogP contribution in [-0.2, 0) is 6.54 Å². The molecule has 0 bridgehead atoms. The fraction of sp³-hybridized carbons (Fsp3) is 0.438. The van der Waals surface area contributed by atoms with Crippen molar-refractivity contribution >= 4 is 6.03 Å². The van der Waals surface area contributed by atoms with Crippen LogP contribution in [0.5, 0.6) is 0 Å². The molecular weight excluding hydrogens is 268 g/mol. The largest absolute Gasteiger partial charge is 0.467 e. The van der Waals surface area contributed by atoms with Crippen LogP contribution in [0, 0.1) is 5.92 Å². The van der Waals surface area contributed by atoms with Gasteiger partial charge in [0.05, 0.1) is 25.1 Å². The van der Waals surface area contributed by atoms with Crippen LogP contribution in [-0.4, -0.2) is 17.5 Å². The van der Waals surface area contributed by atoms with Gasteiger partial charge in [0.25, 0.3) is 0 Å². The summed E-state index contributed by atoms with van der Waals surface area (Å²) in [5.41, 5.74) is 0. The molecule has 5 nitrogen and oxygen atoms in total. The minimum atomic E-state index is -0.0697. The van der Waals surface area contributed by atoms with Gasteiger partial charge in [-0.3, -0.25) is 0 Å². The lowest BCUT2D eigenvalue weighted by molar-refractivity contribution is 0.119. The molecule has 0 aliphatic carbocycles. The van der Waals surface area contributed by atoms with E-state index in [-0.39, 0.29) is 12.1 Å². The van der Waals surface area contributed by atoms with E-state index < -0.39 is 0 Å². The quantitative estimate of drug-likeness (QED) is 0.939. The lowest BCUT2D eigenvalue weighted by Gasteiger charge is -2.37. The first-order valence-corrected chi connectivity index (χ1v) is 7.34. The molecule has 2 aromatic rings. The number of hydrogen-bond acceptors (Lipinski definition) is 3. The lowest BCUT2D eigenvalue weighted by Crippen LogP contribution is -2.45. The number of carbonyl (C=O) groups excluding carboxylic acids is 1. The highest BCUT2D eigenvalue weighted by molar-refractivity contribution is 5.74. The number of piperidine rings is 1. The zero-order valence-corrected chi connectivity index (χ0v) is 12.1. The lowest BCUT2D eigenvalue weighted by atomic mass is 9.91. The monoisotopic (exact) mass is 288 g/mol. The molecule has 1 saturated heterocycles. The molecule has 3 rings (SSSR count). The van der Waals surface area contributed by atoms with Crippen molar-refractivity contribution < 1.29 is 13.6 Å². The minimum Gasteiger partial charge on any atom is -0.467 e. The third-order valence-corrected chi connectivity index (χ3v) is 3.99. The molecule has 21 heavy (non-hydrogen) atoms. The molecule has 2 amide bonds. The summed E-state index contributed by atoms with van der Waals surface area (Å²) in [4.78, 5) is 14.3. The first-order valence-electron chi connectivity index (χ1n) is 7.34. The van der Waals surface area contributed by atoms with E-state index in [0.29, 0.717) is 12.5 Å². The van der Waals surface area contributed by atoms with Gasteiger partial charge in [-0.2, -0.15) is 0 Å². The van der Waals surface area contributed by atoms with Crippen LogP contribution >= 0.6 is 0 Å². The summed E-state index contributed by atoms with van der Waals surface area (Å²) >= 11 is 0. The third-order valence-electron chi connectivity index (χ3n) is 3.99. The maximum Gasteiger partial charge on any atom is 0.318 e. The number of hydrogen-bond donors (Lipinski definition) is 1. The molecule has 5 heteroatoms. The minimum absolute atomic E-state index is 0.0142. The fourth-order valence-electron chi connectivity index (χ4n) is 2.81. The normalized spacial score (nSPS) is 22.2. The Hall–Kier alpha value is -2.17. The summed E-state index contributed by atoms with van der Waals surface area (Å²) in [6, 6.07) is 7.42. The molecule has 2 aromatic heterocycles. The van der Waals surface area contributed by atoms with E-state index in [4.69, 9.17) is 8.83 Å². The van der Waals surface area contributed by atoms with Gasteiger partial charge in [-0.15, -0.1) is 0 Å². The maximum atomic E-state index is 12.4. The van der Waals surface area contributed by atoms with Crippen molar-refractivity contribution in [2.45, 2.75) is 32.4 Å². The molecule has 1 aliphatic rings. The number of nitrogens with one attached hydrogen (secondary N) is 1. The standard InChI is InChI=1S/C16H20N2O3/c1-12-6-7-18(14(10-12)15-5-3-9-21-15)16(19)17-11-13-4-2-8-20-13/h2-5,8-9,12,14H,6-7,10-11H2,1H3,(H,17,19)/t12-,14+/m1/s1. The fourth-order valence-corrected chi connectivity index (χ4v) is 2.81. The van der Waals surface area contributed by atoms with Gasteiger partial charge in [0.1, 0.15) is 11.5 Å². The number of nitrogens with zero attached hydrogens (tertiary/aromatic N) is 1. The van der Waals surface area contributed by atoms with Gasteiger partial charge >= 0.3 is 6.03 Å². The first-order chi connectivity index (χ1) is 10.2. The number of carbonyl (C=O) groups is 1. The van der Waals surface area contributed by atoms with Crippen LogP contribution in [0.15, 0.2) is 45.6 Å². The number of amides is 2. The predicted molar refractivity (Wildman–Crippen MR) is 77.5 cm³/mol. The molecule has 0 aromatic carbocycles. The van der Waals surface area contributed by atoms with Crippen molar-refractivity contribution in [3.8, 4) is 0 Å². The number of likely N-dealkylation sites (tertiary alicyclic amines) is 1. The van der Waals surface area contributed by atoms with E-state index >= 15 is 0 Å². The van der Waals surface area contributed by atoms with Crippen molar-refractivity contribution in [1.82, 2.24) is 10.2 Å². The first kappa shape index (κ1) is 13.8. The Balaban J connectivity index is 1.67. The van der Waals surface area contributed by atoms with Gasteiger partial charge < -0.3 is 19.1 Å². The Morgan fingerprint density at radius 1 is 1.33 bits per heavy atom.